The zero-order valence-corrected chi connectivity index (χ0v) is 12.9. The Bertz CT molecular complexity index is 706. The molecule has 0 aliphatic heterocycles. The molecule has 1 atom stereocenters. The molecule has 1 unspecified atom stereocenters. The van der Waals surface area contributed by atoms with Gasteiger partial charge in [-0.3, -0.25) is 0 Å². The molecule has 0 aromatic heterocycles. The van der Waals surface area contributed by atoms with Gasteiger partial charge in [0.05, 0.1) is 0 Å². The minimum absolute atomic E-state index is 0.287. The number of rotatable bonds is 4. The molecule has 0 bridgehead atoms. The summed E-state index contributed by atoms with van der Waals surface area (Å²) in [6.07, 6.45) is 0.808. The summed E-state index contributed by atoms with van der Waals surface area (Å²) in [5, 5.41) is 19.1. The van der Waals surface area contributed by atoms with E-state index in [4.69, 9.17) is 11.6 Å². The van der Waals surface area contributed by atoms with E-state index in [0.29, 0.717) is 5.02 Å². The summed E-state index contributed by atoms with van der Waals surface area (Å²) >= 11 is 5.88. The molecule has 0 saturated carbocycles. The van der Waals surface area contributed by atoms with Gasteiger partial charge in [-0.05, 0) is 42.0 Å². The van der Waals surface area contributed by atoms with Crippen molar-refractivity contribution in [1.29, 1.82) is 10.5 Å². The van der Waals surface area contributed by atoms with Gasteiger partial charge in [0.2, 0.25) is 0 Å². The van der Waals surface area contributed by atoms with Gasteiger partial charge >= 0.3 is 0 Å². The maximum absolute atomic E-state index is 9.17. The van der Waals surface area contributed by atoms with Crippen molar-refractivity contribution < 1.29 is 0 Å². The van der Waals surface area contributed by atoms with Crippen LogP contribution >= 0.6 is 22.1 Å². The molecule has 0 aliphatic rings. The van der Waals surface area contributed by atoms with Crippen molar-refractivity contribution in [3.05, 3.63) is 65.2 Å². The summed E-state index contributed by atoms with van der Waals surface area (Å²) in [4.78, 5) is 1.32. The van der Waals surface area contributed by atoms with Crippen LogP contribution in [0.25, 0.3) is 0 Å². The van der Waals surface area contributed by atoms with E-state index in [1.54, 1.807) is 0 Å². The van der Waals surface area contributed by atoms with E-state index in [1.165, 1.54) is 0 Å². The number of halogens is 1. The van der Waals surface area contributed by atoms with Crippen molar-refractivity contribution in [2.45, 2.75) is 11.3 Å². The largest absolute Gasteiger partial charge is 0.191 e. The van der Waals surface area contributed by atoms with Crippen molar-refractivity contribution in [2.24, 2.45) is 0 Å². The Hall–Kier alpha value is -2.07. The summed E-state index contributed by atoms with van der Waals surface area (Å²) in [6, 6.07) is 21.5. The van der Waals surface area contributed by atoms with Gasteiger partial charge in [0.15, 0.2) is 4.86 Å². The summed E-state index contributed by atoms with van der Waals surface area (Å²) in [6.45, 7) is 0. The number of hydrogen-bond donors (Lipinski definition) is 0. The molecule has 0 radical (unpaired) electrons. The Morgan fingerprint density at radius 3 is 2.14 bits per heavy atom. The monoisotopic (exact) mass is 312 g/mol. The lowest BCUT2D eigenvalue weighted by atomic mass is 10.2. The van der Waals surface area contributed by atoms with Crippen LogP contribution in [0, 0.1) is 22.7 Å². The standard InChI is InChI=1S/C17H13ClN2S/c18-15-8-6-14(7-9-15)10-11-21(17(12-19)13-20)16-4-2-1-3-5-16/h1-9H,10-11H2. The Morgan fingerprint density at radius 1 is 0.952 bits per heavy atom. The van der Waals surface area contributed by atoms with Gasteiger partial charge in [-0.25, -0.2) is 0 Å². The molecule has 0 amide bonds. The zero-order valence-electron chi connectivity index (χ0n) is 11.3. The van der Waals surface area contributed by atoms with Crippen LogP contribution in [0.15, 0.2) is 59.5 Å². The van der Waals surface area contributed by atoms with Crippen LogP contribution in [0.2, 0.25) is 5.02 Å². The van der Waals surface area contributed by atoms with Crippen LogP contribution in [0.1, 0.15) is 5.56 Å². The quantitative estimate of drug-likeness (QED) is 0.784. The smallest absolute Gasteiger partial charge is 0.157 e. The van der Waals surface area contributed by atoms with E-state index in [9.17, 15) is 10.5 Å². The van der Waals surface area contributed by atoms with Gasteiger partial charge in [0.25, 0.3) is 0 Å². The second kappa shape index (κ2) is 7.64. The van der Waals surface area contributed by atoms with Crippen LogP contribution < -0.4 is 0 Å². The topological polar surface area (TPSA) is 47.6 Å². The molecule has 0 aliphatic carbocycles. The van der Waals surface area contributed by atoms with Crippen molar-refractivity contribution in [3.63, 3.8) is 0 Å². The molecule has 104 valence electrons. The molecular formula is C17H13ClN2S. The average Bonchev–Trinajstić information content (AvgIpc) is 2.54. The molecule has 0 saturated heterocycles. The van der Waals surface area contributed by atoms with Crippen LogP contribution in [0.5, 0.6) is 0 Å². The van der Waals surface area contributed by atoms with Crippen molar-refractivity contribution in [2.75, 3.05) is 5.75 Å². The average molecular weight is 313 g/mol. The second-order valence-corrected chi connectivity index (χ2v) is 6.84. The van der Waals surface area contributed by atoms with E-state index in [-0.39, 0.29) is 4.86 Å². The summed E-state index contributed by atoms with van der Waals surface area (Å²) in [5.74, 6) is 0.752. The first-order valence-corrected chi connectivity index (χ1v) is 8.19. The minimum atomic E-state index is -0.470. The number of aryl methyl sites for hydroxylation is 1. The molecular weight excluding hydrogens is 300 g/mol. The molecule has 2 nitrogen and oxygen atoms in total. The van der Waals surface area contributed by atoms with Gasteiger partial charge in [0, 0.05) is 9.92 Å². The molecule has 21 heavy (non-hydrogen) atoms. The lowest BCUT2D eigenvalue weighted by Crippen LogP contribution is -1.98. The first-order chi connectivity index (χ1) is 10.2. The summed E-state index contributed by atoms with van der Waals surface area (Å²) in [5.41, 5.74) is 1.16. The highest BCUT2D eigenvalue weighted by molar-refractivity contribution is 8.16. The van der Waals surface area contributed by atoms with Gasteiger partial charge in [-0.1, -0.05) is 41.9 Å². The van der Waals surface area contributed by atoms with Gasteiger partial charge < -0.3 is 0 Å². The Balaban J connectivity index is 2.27. The van der Waals surface area contributed by atoms with E-state index in [2.05, 4.69) is 0 Å². The second-order valence-electron chi connectivity index (χ2n) is 4.34. The van der Waals surface area contributed by atoms with Gasteiger partial charge in [0.1, 0.15) is 12.1 Å². The molecule has 0 fully saturated rings. The summed E-state index contributed by atoms with van der Waals surface area (Å²) < 4.78 is 0. The van der Waals surface area contributed by atoms with Crippen LogP contribution in [-0.2, 0) is 6.42 Å². The Labute approximate surface area is 132 Å². The van der Waals surface area contributed by atoms with E-state index in [0.717, 1.165) is 22.6 Å². The van der Waals surface area contributed by atoms with E-state index in [1.807, 2.05) is 66.7 Å². The number of benzene rings is 2. The highest BCUT2D eigenvalue weighted by Crippen LogP contribution is 2.29. The Morgan fingerprint density at radius 2 is 1.57 bits per heavy atom. The molecule has 2 rings (SSSR count). The molecule has 2 aromatic carbocycles. The van der Waals surface area contributed by atoms with Gasteiger partial charge in [-0.15, -0.1) is 10.5 Å². The predicted octanol–water partition coefficient (Wildman–Crippen LogP) is 4.43. The lowest BCUT2D eigenvalue weighted by Gasteiger charge is -2.10. The highest BCUT2D eigenvalue weighted by atomic mass is 35.5. The molecule has 0 N–H and O–H groups in total. The fourth-order valence-electron chi connectivity index (χ4n) is 1.93. The first kappa shape index (κ1) is 15.3. The third kappa shape index (κ3) is 4.20. The number of nitriles is 2. The van der Waals surface area contributed by atoms with Crippen LogP contribution in [-0.4, -0.2) is 10.6 Å². The highest BCUT2D eigenvalue weighted by Gasteiger charge is 2.08. The third-order valence-corrected chi connectivity index (χ3v) is 5.37. The van der Waals surface area contributed by atoms with Gasteiger partial charge in [-0.2, -0.15) is 10.5 Å². The molecule has 4 heteroatoms. The summed E-state index contributed by atoms with van der Waals surface area (Å²) in [7, 11) is -0.470. The molecule has 2 aromatic rings. The third-order valence-electron chi connectivity index (χ3n) is 2.99. The van der Waals surface area contributed by atoms with Crippen molar-refractivity contribution >= 4 is 26.9 Å². The van der Waals surface area contributed by atoms with Crippen molar-refractivity contribution in [3.8, 4) is 12.1 Å². The maximum atomic E-state index is 9.17. The number of hydrogen-bond acceptors (Lipinski definition) is 2. The van der Waals surface area contributed by atoms with Crippen LogP contribution in [0.3, 0.4) is 0 Å². The first-order valence-electron chi connectivity index (χ1n) is 6.42. The normalized spacial score (nSPS) is 11.2. The number of nitrogens with zero attached hydrogens (tertiary/aromatic N) is 2. The van der Waals surface area contributed by atoms with Crippen molar-refractivity contribution in [1.82, 2.24) is 0 Å². The maximum Gasteiger partial charge on any atom is 0.157 e. The molecule has 0 spiro atoms. The fraction of sp³-hybridized carbons (Fsp3) is 0.118. The SMILES string of the molecule is N#CC(C#N)=S(CCc1ccc(Cl)cc1)c1ccccc1. The predicted molar refractivity (Wildman–Crippen MR) is 88.6 cm³/mol. The Kier molecular flexibility index (Phi) is 5.58. The van der Waals surface area contributed by atoms with E-state index < -0.39 is 10.5 Å². The fourth-order valence-corrected chi connectivity index (χ4v) is 3.88. The van der Waals surface area contributed by atoms with Crippen LogP contribution in [0.4, 0.5) is 0 Å². The minimum Gasteiger partial charge on any atom is -0.191 e. The molecule has 0 heterocycles. The zero-order chi connectivity index (χ0) is 15.1. The lowest BCUT2D eigenvalue weighted by molar-refractivity contribution is 1.15. The van der Waals surface area contributed by atoms with E-state index >= 15 is 0 Å².